The molecule has 0 spiro atoms. The van der Waals surface area contributed by atoms with E-state index >= 15 is 0 Å². The van der Waals surface area contributed by atoms with E-state index in [1.54, 1.807) is 11.0 Å². The van der Waals surface area contributed by atoms with Gasteiger partial charge in [-0.2, -0.15) is 0 Å². The lowest BCUT2D eigenvalue weighted by atomic mass is 10.0. The Bertz CT molecular complexity index is 818. The summed E-state index contributed by atoms with van der Waals surface area (Å²) in [5.41, 5.74) is 5.25. The average Bonchev–Trinajstić information content (AvgIpc) is 2.61. The molecule has 0 atom stereocenters. The van der Waals surface area contributed by atoms with Crippen molar-refractivity contribution >= 4 is 23.1 Å². The summed E-state index contributed by atoms with van der Waals surface area (Å²) in [7, 11) is 4.04. The number of nitrogens with zero attached hydrogens (tertiary/aromatic N) is 3. The average molecular weight is 367 g/mol. The largest absolute Gasteiger partial charge is 0.378 e. The molecular weight excluding hydrogens is 336 g/mol. The SMILES string of the molecule is CCN1C(=O)C=CC(=C(C)C)/C1=N\C(Nc1ccc(N(C)C)cc1)=C(C)C. The molecule has 1 aromatic rings. The molecule has 1 amide bonds. The number of hydrogen-bond donors (Lipinski definition) is 1. The molecule has 0 fully saturated rings. The van der Waals surface area contributed by atoms with Crippen molar-refractivity contribution in [3.63, 3.8) is 0 Å². The van der Waals surface area contributed by atoms with E-state index in [2.05, 4.69) is 22.3 Å². The molecule has 1 heterocycles. The second-order valence-corrected chi connectivity index (χ2v) is 7.18. The van der Waals surface area contributed by atoms with Gasteiger partial charge in [0.1, 0.15) is 11.7 Å². The number of carbonyl (C=O) groups is 1. The number of rotatable bonds is 5. The fraction of sp³-hybridized carbons (Fsp3) is 0.364. The molecule has 2 rings (SSSR count). The third-order valence-electron chi connectivity index (χ3n) is 4.35. The Hall–Kier alpha value is -2.82. The lowest BCUT2D eigenvalue weighted by Gasteiger charge is -2.27. The number of anilines is 2. The molecule has 0 saturated heterocycles. The van der Waals surface area contributed by atoms with E-state index in [1.807, 2.05) is 66.9 Å². The molecule has 1 aliphatic rings. The van der Waals surface area contributed by atoms with E-state index < -0.39 is 0 Å². The molecule has 144 valence electrons. The summed E-state index contributed by atoms with van der Waals surface area (Å²) in [5.74, 6) is 1.41. The van der Waals surface area contributed by atoms with Crippen LogP contribution in [-0.2, 0) is 4.79 Å². The Morgan fingerprint density at radius 1 is 1.07 bits per heavy atom. The summed E-state index contributed by atoms with van der Waals surface area (Å²) < 4.78 is 0. The van der Waals surface area contributed by atoms with Crippen molar-refractivity contribution in [2.45, 2.75) is 34.6 Å². The molecule has 0 unspecified atom stereocenters. The number of aliphatic imine (C=N–C) groups is 1. The summed E-state index contributed by atoms with van der Waals surface area (Å²) in [6.07, 6.45) is 3.47. The fourth-order valence-corrected chi connectivity index (χ4v) is 2.74. The number of amidine groups is 1. The van der Waals surface area contributed by atoms with Crippen LogP contribution in [0.4, 0.5) is 11.4 Å². The first-order chi connectivity index (χ1) is 12.7. The minimum Gasteiger partial charge on any atom is -0.378 e. The van der Waals surface area contributed by atoms with Gasteiger partial charge >= 0.3 is 0 Å². The van der Waals surface area contributed by atoms with E-state index in [9.17, 15) is 4.79 Å². The number of allylic oxidation sites excluding steroid dienone is 2. The standard InChI is InChI=1S/C22H30N4O/c1-8-26-20(27)14-13-19(15(2)3)22(26)24-21(16(4)5)23-17-9-11-18(12-10-17)25(6)7/h9-14,23H,8H2,1-7H3/b24-22+. The van der Waals surface area contributed by atoms with Crippen molar-refractivity contribution in [1.29, 1.82) is 0 Å². The number of benzene rings is 1. The van der Waals surface area contributed by atoms with Gasteiger partial charge in [-0.1, -0.05) is 5.57 Å². The topological polar surface area (TPSA) is 47.9 Å². The summed E-state index contributed by atoms with van der Waals surface area (Å²) >= 11 is 0. The van der Waals surface area contributed by atoms with Crippen LogP contribution in [0.2, 0.25) is 0 Å². The van der Waals surface area contributed by atoms with Crippen LogP contribution in [0.1, 0.15) is 34.6 Å². The van der Waals surface area contributed by atoms with Crippen LogP contribution in [0.3, 0.4) is 0 Å². The maximum Gasteiger partial charge on any atom is 0.252 e. The molecule has 1 aliphatic heterocycles. The Balaban J connectivity index is 2.43. The highest BCUT2D eigenvalue weighted by molar-refractivity contribution is 6.16. The van der Waals surface area contributed by atoms with Crippen LogP contribution in [0.25, 0.3) is 0 Å². The maximum atomic E-state index is 12.3. The van der Waals surface area contributed by atoms with Crippen molar-refractivity contribution in [2.75, 3.05) is 30.9 Å². The Labute approximate surface area is 162 Å². The molecule has 1 N–H and O–H groups in total. The minimum absolute atomic E-state index is 0.0373. The van der Waals surface area contributed by atoms with Crippen molar-refractivity contribution in [3.8, 4) is 0 Å². The van der Waals surface area contributed by atoms with Crippen molar-refractivity contribution in [1.82, 2.24) is 4.90 Å². The van der Waals surface area contributed by atoms with Gasteiger partial charge in [0.25, 0.3) is 5.91 Å². The first-order valence-corrected chi connectivity index (χ1v) is 9.22. The zero-order valence-corrected chi connectivity index (χ0v) is 17.4. The molecule has 0 bridgehead atoms. The molecule has 0 aromatic heterocycles. The second-order valence-electron chi connectivity index (χ2n) is 7.18. The van der Waals surface area contributed by atoms with E-state index in [-0.39, 0.29) is 5.91 Å². The number of hydrogen-bond acceptors (Lipinski definition) is 4. The molecule has 1 aromatic carbocycles. The van der Waals surface area contributed by atoms with Gasteiger partial charge in [0.05, 0.1) is 0 Å². The zero-order valence-electron chi connectivity index (χ0n) is 17.4. The van der Waals surface area contributed by atoms with Gasteiger partial charge in [0.15, 0.2) is 0 Å². The maximum absolute atomic E-state index is 12.3. The molecule has 0 saturated carbocycles. The van der Waals surface area contributed by atoms with Gasteiger partial charge in [0.2, 0.25) is 0 Å². The molecular formula is C22H30N4O. The third kappa shape index (κ3) is 4.88. The van der Waals surface area contributed by atoms with Gasteiger partial charge in [-0.15, -0.1) is 0 Å². The van der Waals surface area contributed by atoms with Crippen LogP contribution in [0.5, 0.6) is 0 Å². The Kier molecular flexibility index (Phi) is 6.61. The number of likely N-dealkylation sites (N-methyl/N-ethyl adjacent to an activating group) is 1. The summed E-state index contributed by atoms with van der Waals surface area (Å²) in [4.78, 5) is 20.9. The third-order valence-corrected chi connectivity index (χ3v) is 4.35. The minimum atomic E-state index is -0.0373. The van der Waals surface area contributed by atoms with Crippen molar-refractivity contribution in [2.24, 2.45) is 4.99 Å². The monoisotopic (exact) mass is 366 g/mol. The highest BCUT2D eigenvalue weighted by Gasteiger charge is 2.24. The van der Waals surface area contributed by atoms with Crippen LogP contribution < -0.4 is 10.2 Å². The molecule has 5 nitrogen and oxygen atoms in total. The second kappa shape index (κ2) is 8.71. The van der Waals surface area contributed by atoms with Crippen LogP contribution >= 0.6 is 0 Å². The van der Waals surface area contributed by atoms with Crippen LogP contribution in [-0.4, -0.2) is 37.3 Å². The lowest BCUT2D eigenvalue weighted by Crippen LogP contribution is -2.39. The molecule has 27 heavy (non-hydrogen) atoms. The zero-order chi connectivity index (χ0) is 20.1. The van der Waals surface area contributed by atoms with Crippen LogP contribution in [0.15, 0.2) is 64.0 Å². The van der Waals surface area contributed by atoms with Gasteiger partial charge < -0.3 is 10.2 Å². The number of nitrogens with one attached hydrogen (secondary N) is 1. The van der Waals surface area contributed by atoms with Gasteiger partial charge in [-0.3, -0.25) is 9.69 Å². The predicted octanol–water partition coefficient (Wildman–Crippen LogP) is 4.57. The highest BCUT2D eigenvalue weighted by atomic mass is 16.2. The van der Waals surface area contributed by atoms with Crippen molar-refractivity contribution < 1.29 is 4.79 Å². The van der Waals surface area contributed by atoms with Gasteiger partial charge in [-0.25, -0.2) is 4.99 Å². The van der Waals surface area contributed by atoms with E-state index in [4.69, 9.17) is 4.99 Å². The van der Waals surface area contributed by atoms with E-state index in [0.29, 0.717) is 12.4 Å². The first-order valence-electron chi connectivity index (χ1n) is 9.22. The quantitative estimate of drug-likeness (QED) is 0.830. The molecule has 0 aliphatic carbocycles. The number of amides is 1. The predicted molar refractivity (Wildman–Crippen MR) is 115 cm³/mol. The smallest absolute Gasteiger partial charge is 0.252 e. The van der Waals surface area contributed by atoms with Gasteiger partial charge in [0, 0.05) is 43.7 Å². The highest BCUT2D eigenvalue weighted by Crippen LogP contribution is 2.22. The lowest BCUT2D eigenvalue weighted by molar-refractivity contribution is -0.122. The number of carbonyl (C=O) groups excluding carboxylic acids is 1. The summed E-state index contributed by atoms with van der Waals surface area (Å²) in [6.45, 7) is 10.6. The fourth-order valence-electron chi connectivity index (χ4n) is 2.74. The Morgan fingerprint density at radius 3 is 2.19 bits per heavy atom. The summed E-state index contributed by atoms with van der Waals surface area (Å²) in [5, 5.41) is 3.40. The first kappa shape index (κ1) is 20.5. The molecule has 5 heteroatoms. The molecule has 0 radical (unpaired) electrons. The Morgan fingerprint density at radius 2 is 1.70 bits per heavy atom. The van der Waals surface area contributed by atoms with Crippen LogP contribution in [0, 0.1) is 0 Å². The van der Waals surface area contributed by atoms with Gasteiger partial charge in [-0.05, 0) is 70.5 Å². The van der Waals surface area contributed by atoms with E-state index in [1.165, 1.54) is 0 Å². The van der Waals surface area contributed by atoms with Crippen molar-refractivity contribution in [3.05, 3.63) is 59.0 Å². The van der Waals surface area contributed by atoms with E-state index in [0.717, 1.165) is 33.9 Å². The summed E-state index contributed by atoms with van der Waals surface area (Å²) in [6, 6.07) is 8.18. The normalized spacial score (nSPS) is 15.2.